The molecule has 1 N–H and O–H groups in total. The van der Waals surface area contributed by atoms with Gasteiger partial charge in [0.25, 0.3) is 0 Å². The summed E-state index contributed by atoms with van der Waals surface area (Å²) < 4.78 is 9.23. The number of aromatic hydroxyl groups is 1. The van der Waals surface area contributed by atoms with Crippen LogP contribution in [-0.4, -0.2) is 37.7 Å². The van der Waals surface area contributed by atoms with Crippen LogP contribution in [0.15, 0.2) is 91.5 Å². The van der Waals surface area contributed by atoms with Crippen molar-refractivity contribution in [3.8, 4) is 17.2 Å². The number of carbonyl (C=O) groups is 2. The molecule has 0 radical (unpaired) electrons. The molecule has 186 valence electrons. The Balaban J connectivity index is 1.61. The Morgan fingerprint density at radius 3 is 2.49 bits per heavy atom. The second-order valence-electron chi connectivity index (χ2n) is 9.00. The van der Waals surface area contributed by atoms with Crippen LogP contribution in [0.2, 0.25) is 0 Å². The van der Waals surface area contributed by atoms with Gasteiger partial charge in [0.1, 0.15) is 0 Å². The molecule has 2 aromatic carbocycles. The second-order valence-corrected chi connectivity index (χ2v) is 9.85. The standard InChI is InChI=1S/C27H20BrN3O6/c1-37-21-9-5-8-16(25(21)34)22-15-10-11-29-26(35)30(14-6-3-2-4-7-14)27(36)31(29)19(15)12-17-23(22)20(32)13-18(28)24(17)33/h2-10,13,19,22,34H,11-12H2,1H3. The van der Waals surface area contributed by atoms with Crippen molar-refractivity contribution in [3.63, 3.8) is 0 Å². The molecular weight excluding hydrogens is 542 g/mol. The largest absolute Gasteiger partial charge is 0.504 e. The number of Topliss-reactive ketones (excluding diaryl/α,β-unsaturated/α-hetero) is 1. The molecular formula is C27H20BrN3O6. The smallest absolute Gasteiger partial charge is 0.352 e. The molecule has 3 aliphatic rings. The Kier molecular flexibility index (Phi) is 5.30. The van der Waals surface area contributed by atoms with Gasteiger partial charge in [0, 0.05) is 35.1 Å². The highest BCUT2D eigenvalue weighted by molar-refractivity contribution is 9.12. The maximum atomic E-state index is 13.7. The number of benzene rings is 2. The van der Waals surface area contributed by atoms with Crippen molar-refractivity contribution in [2.24, 2.45) is 0 Å². The first-order valence-corrected chi connectivity index (χ1v) is 12.4. The number of ether oxygens (including phenoxy) is 1. The molecule has 0 fully saturated rings. The van der Waals surface area contributed by atoms with E-state index in [4.69, 9.17) is 4.74 Å². The summed E-state index contributed by atoms with van der Waals surface area (Å²) in [6, 6.07) is 12.8. The van der Waals surface area contributed by atoms with E-state index >= 15 is 0 Å². The van der Waals surface area contributed by atoms with Crippen LogP contribution < -0.4 is 16.1 Å². The molecule has 0 bridgehead atoms. The second kappa shape index (κ2) is 8.45. The van der Waals surface area contributed by atoms with Crippen LogP contribution in [0, 0.1) is 0 Å². The summed E-state index contributed by atoms with van der Waals surface area (Å²) >= 11 is 3.19. The third kappa shape index (κ3) is 3.28. The quantitative estimate of drug-likeness (QED) is 0.388. The van der Waals surface area contributed by atoms with E-state index in [1.54, 1.807) is 54.6 Å². The fourth-order valence-electron chi connectivity index (χ4n) is 5.57. The van der Waals surface area contributed by atoms with Crippen LogP contribution in [-0.2, 0) is 16.1 Å². The maximum absolute atomic E-state index is 13.7. The van der Waals surface area contributed by atoms with Crippen LogP contribution in [0.25, 0.3) is 5.69 Å². The minimum Gasteiger partial charge on any atom is -0.504 e. The van der Waals surface area contributed by atoms with E-state index in [2.05, 4.69) is 15.9 Å². The number of hydrogen-bond donors (Lipinski definition) is 1. The number of carbonyl (C=O) groups excluding carboxylic acids is 2. The molecule has 3 aromatic rings. The van der Waals surface area contributed by atoms with Gasteiger partial charge in [-0.2, -0.15) is 0 Å². The van der Waals surface area contributed by atoms with E-state index in [-0.39, 0.29) is 51.7 Å². The molecule has 0 amide bonds. The summed E-state index contributed by atoms with van der Waals surface area (Å²) in [6.07, 6.45) is 3.09. The lowest BCUT2D eigenvalue weighted by atomic mass is 9.68. The van der Waals surface area contributed by atoms with Crippen molar-refractivity contribution < 1.29 is 19.4 Å². The normalized spacial score (nSPS) is 20.6. The topological polar surface area (TPSA) is 113 Å². The molecule has 2 aliphatic carbocycles. The number of allylic oxidation sites excluding steroid dienone is 6. The zero-order valence-electron chi connectivity index (χ0n) is 19.6. The molecule has 6 rings (SSSR count). The number of aromatic nitrogens is 3. The molecule has 1 aliphatic heterocycles. The van der Waals surface area contributed by atoms with Crippen LogP contribution >= 0.6 is 15.9 Å². The molecule has 10 heteroatoms. The van der Waals surface area contributed by atoms with Gasteiger partial charge in [-0.3, -0.25) is 9.59 Å². The number of methoxy groups -OCH3 is 1. The van der Waals surface area contributed by atoms with Gasteiger partial charge in [0.2, 0.25) is 0 Å². The van der Waals surface area contributed by atoms with E-state index in [9.17, 15) is 24.3 Å². The zero-order chi connectivity index (χ0) is 26.0. The van der Waals surface area contributed by atoms with Crippen LogP contribution in [0.1, 0.15) is 23.9 Å². The number of nitrogens with zero attached hydrogens (tertiary/aromatic N) is 3. The highest BCUT2D eigenvalue weighted by atomic mass is 79.9. The number of para-hydroxylation sites is 2. The first-order chi connectivity index (χ1) is 17.8. The fourth-order valence-corrected chi connectivity index (χ4v) is 6.02. The first kappa shape index (κ1) is 23.2. The summed E-state index contributed by atoms with van der Waals surface area (Å²) in [5.41, 5.74) is 0.914. The minimum absolute atomic E-state index is 0.0497. The molecule has 37 heavy (non-hydrogen) atoms. The van der Waals surface area contributed by atoms with E-state index in [1.165, 1.54) is 22.5 Å². The average Bonchev–Trinajstić information content (AvgIpc) is 3.16. The van der Waals surface area contributed by atoms with Gasteiger partial charge in [-0.25, -0.2) is 23.5 Å². The predicted octanol–water partition coefficient (Wildman–Crippen LogP) is 2.91. The Hall–Kier alpha value is -4.18. The predicted molar refractivity (Wildman–Crippen MR) is 137 cm³/mol. The third-order valence-corrected chi connectivity index (χ3v) is 7.76. The molecule has 2 unspecified atom stereocenters. The molecule has 2 heterocycles. The Bertz CT molecular complexity index is 1720. The number of ketones is 2. The number of fused-ring (bicyclic) bond motifs is 3. The van der Waals surface area contributed by atoms with Crippen molar-refractivity contribution in [2.45, 2.75) is 24.9 Å². The summed E-state index contributed by atoms with van der Waals surface area (Å²) in [6.45, 7) is 0.0885. The number of hydrogen-bond acceptors (Lipinski definition) is 6. The Labute approximate surface area is 218 Å². The lowest BCUT2D eigenvalue weighted by molar-refractivity contribution is -0.115. The highest BCUT2D eigenvalue weighted by Gasteiger charge is 2.45. The summed E-state index contributed by atoms with van der Waals surface area (Å²) in [7, 11) is 1.42. The van der Waals surface area contributed by atoms with Crippen LogP contribution in [0.4, 0.5) is 0 Å². The van der Waals surface area contributed by atoms with Gasteiger partial charge in [0.15, 0.2) is 23.1 Å². The van der Waals surface area contributed by atoms with Crippen molar-refractivity contribution in [1.82, 2.24) is 13.9 Å². The molecule has 0 spiro atoms. The first-order valence-electron chi connectivity index (χ1n) is 11.6. The van der Waals surface area contributed by atoms with Gasteiger partial charge in [-0.15, -0.1) is 0 Å². The van der Waals surface area contributed by atoms with Gasteiger partial charge < -0.3 is 9.84 Å². The summed E-state index contributed by atoms with van der Waals surface area (Å²) in [5.74, 6) is -1.47. The van der Waals surface area contributed by atoms with Crippen LogP contribution in [0.5, 0.6) is 11.5 Å². The van der Waals surface area contributed by atoms with Gasteiger partial charge in [-0.1, -0.05) is 36.4 Å². The van der Waals surface area contributed by atoms with E-state index in [0.717, 1.165) is 4.57 Å². The lowest BCUT2D eigenvalue weighted by Gasteiger charge is -2.39. The SMILES string of the molecule is COc1cccc(C2C3=CCn4c(=O)n(-c5ccccc5)c(=O)n4C3CC3=C2C(=O)C=C(Br)C3=O)c1O. The number of phenolic OH excluding ortho intramolecular Hbond substituents is 1. The van der Waals surface area contributed by atoms with E-state index in [0.29, 0.717) is 16.8 Å². The van der Waals surface area contributed by atoms with Gasteiger partial charge >= 0.3 is 11.4 Å². The van der Waals surface area contributed by atoms with Crippen molar-refractivity contribution in [1.29, 1.82) is 0 Å². The number of rotatable bonds is 3. The highest BCUT2D eigenvalue weighted by Crippen LogP contribution is 2.52. The van der Waals surface area contributed by atoms with E-state index in [1.807, 2.05) is 0 Å². The van der Waals surface area contributed by atoms with Crippen molar-refractivity contribution >= 4 is 27.5 Å². The summed E-state index contributed by atoms with van der Waals surface area (Å²) in [4.78, 5) is 53.6. The van der Waals surface area contributed by atoms with Gasteiger partial charge in [0.05, 0.1) is 29.9 Å². The molecule has 1 aromatic heterocycles. The maximum Gasteiger partial charge on any atom is 0.352 e. The molecule has 0 saturated heterocycles. The molecule has 9 nitrogen and oxygen atoms in total. The Morgan fingerprint density at radius 2 is 1.76 bits per heavy atom. The van der Waals surface area contributed by atoms with E-state index < -0.39 is 23.3 Å². The zero-order valence-corrected chi connectivity index (χ0v) is 21.1. The van der Waals surface area contributed by atoms with Crippen molar-refractivity contribution in [2.75, 3.05) is 7.11 Å². The van der Waals surface area contributed by atoms with Gasteiger partial charge in [-0.05, 0) is 39.7 Å². The monoisotopic (exact) mass is 561 g/mol. The lowest BCUT2D eigenvalue weighted by Crippen LogP contribution is -2.40. The summed E-state index contributed by atoms with van der Waals surface area (Å²) in [5, 5.41) is 11.0. The fraction of sp³-hybridized carbons (Fsp3) is 0.185. The number of halogens is 1. The third-order valence-electron chi connectivity index (χ3n) is 7.17. The number of phenols is 1. The minimum atomic E-state index is -0.812. The average molecular weight is 562 g/mol. The van der Waals surface area contributed by atoms with Crippen LogP contribution in [0.3, 0.4) is 0 Å². The van der Waals surface area contributed by atoms with Crippen molar-refractivity contribution in [3.05, 3.63) is 108 Å². The molecule has 2 atom stereocenters. The molecule has 0 saturated carbocycles. The Morgan fingerprint density at radius 1 is 1.00 bits per heavy atom.